The van der Waals surface area contributed by atoms with Crippen LogP contribution in [0.2, 0.25) is 0 Å². The number of nitrogens with one attached hydrogen (secondary N) is 3. The van der Waals surface area contributed by atoms with Gasteiger partial charge < -0.3 is 35.0 Å². The molecule has 3 atom stereocenters. The van der Waals surface area contributed by atoms with Gasteiger partial charge in [-0.3, -0.25) is 14.9 Å². The maximum atomic E-state index is 13.9. The highest BCUT2D eigenvalue weighted by molar-refractivity contribution is 6.03. The van der Waals surface area contributed by atoms with E-state index in [1.165, 1.54) is 0 Å². The van der Waals surface area contributed by atoms with Gasteiger partial charge in [-0.2, -0.15) is 0 Å². The first kappa shape index (κ1) is 40.6. The number of carbonyl (C=O) groups is 4. The van der Waals surface area contributed by atoms with Crippen molar-refractivity contribution in [1.29, 1.82) is 0 Å². The van der Waals surface area contributed by atoms with E-state index in [2.05, 4.69) is 44.5 Å². The second-order valence-corrected chi connectivity index (χ2v) is 16.3. The standard InChI is InChI=1S/C47H48N8O6/c1-47(2,3)61-46(59)53-35-14-8-7-13-34(35)43(56)54-25-9-15-38(54)41-49-27-36(51-41)31-21-17-29(18-22-31)30-19-23-32(24-20-30)37-28-50-42(52-37)39-16-10-26-55(39)44(57)40(60-45(48)58)33-11-5-4-6-12-33/h4-8,11-14,17-24,27-28,38-40H,9-10,15-16,25-26H2,1-3H3,(H2,48,58)(H,49,51)(H,50,52)(H,53,59)/t38-,39-,40+/m0/s1. The Balaban J connectivity index is 0.918. The third-order valence-electron chi connectivity index (χ3n) is 11.0. The summed E-state index contributed by atoms with van der Waals surface area (Å²) < 4.78 is 10.7. The average molecular weight is 821 g/mol. The van der Waals surface area contributed by atoms with Gasteiger partial charge in [0.25, 0.3) is 11.8 Å². The minimum atomic E-state index is -1.14. The van der Waals surface area contributed by atoms with Gasteiger partial charge in [-0.1, -0.05) is 91.0 Å². The zero-order valence-electron chi connectivity index (χ0n) is 34.3. The number of likely N-dealkylation sites (tertiary alicyclic amines) is 2. The molecular weight excluding hydrogens is 773 g/mol. The molecule has 0 aliphatic carbocycles. The number of primary amides is 1. The number of H-pyrrole nitrogens is 2. The fourth-order valence-corrected chi connectivity index (χ4v) is 8.10. The number of nitrogens with zero attached hydrogens (tertiary/aromatic N) is 4. The van der Waals surface area contributed by atoms with Gasteiger partial charge >= 0.3 is 12.2 Å². The molecule has 0 radical (unpaired) electrons. The molecule has 4 amide bonds. The summed E-state index contributed by atoms with van der Waals surface area (Å²) in [6.07, 6.45) is 3.90. The molecule has 8 rings (SSSR count). The van der Waals surface area contributed by atoms with E-state index in [-0.39, 0.29) is 23.9 Å². The molecule has 5 N–H and O–H groups in total. The number of carbonyl (C=O) groups excluding carboxylic acids is 4. The molecule has 14 heteroatoms. The van der Waals surface area contributed by atoms with E-state index in [9.17, 15) is 19.2 Å². The lowest BCUT2D eigenvalue weighted by molar-refractivity contribution is -0.141. The van der Waals surface area contributed by atoms with Gasteiger partial charge in [0.15, 0.2) is 0 Å². The molecule has 2 aliphatic rings. The Morgan fingerprint density at radius 3 is 1.77 bits per heavy atom. The van der Waals surface area contributed by atoms with Crippen molar-refractivity contribution >= 4 is 29.7 Å². The minimum Gasteiger partial charge on any atom is -0.444 e. The van der Waals surface area contributed by atoms with Gasteiger partial charge in [0, 0.05) is 18.7 Å². The van der Waals surface area contributed by atoms with Crippen molar-refractivity contribution in [1.82, 2.24) is 29.7 Å². The molecule has 14 nitrogen and oxygen atoms in total. The summed E-state index contributed by atoms with van der Waals surface area (Å²) in [7, 11) is 0. The maximum absolute atomic E-state index is 13.9. The Morgan fingerprint density at radius 2 is 1.21 bits per heavy atom. The third-order valence-corrected chi connectivity index (χ3v) is 11.0. The van der Waals surface area contributed by atoms with Crippen LogP contribution in [-0.4, -0.2) is 72.4 Å². The van der Waals surface area contributed by atoms with Crippen LogP contribution in [0.25, 0.3) is 33.6 Å². The van der Waals surface area contributed by atoms with Crippen molar-refractivity contribution in [3.63, 3.8) is 0 Å². The van der Waals surface area contributed by atoms with Crippen molar-refractivity contribution in [3.05, 3.63) is 138 Å². The largest absolute Gasteiger partial charge is 0.444 e. The average Bonchev–Trinajstić information content (AvgIpc) is 4.09. The SMILES string of the molecule is CC(C)(C)OC(=O)Nc1ccccc1C(=O)N1CCC[C@H]1c1ncc(-c2ccc(-c3ccc(-c4cnc([C@@H]5CCCN5C(=O)[C@H](OC(N)=O)c5ccccc5)[nH]4)cc3)cc2)[nH]1. The number of anilines is 1. The first-order chi connectivity index (χ1) is 29.4. The number of hydrogen-bond acceptors (Lipinski definition) is 8. The summed E-state index contributed by atoms with van der Waals surface area (Å²) in [5, 5.41) is 2.74. The van der Waals surface area contributed by atoms with E-state index in [1.54, 1.807) is 86.6 Å². The molecular formula is C47H48N8O6. The molecule has 4 aromatic carbocycles. The molecule has 2 aromatic heterocycles. The summed E-state index contributed by atoms with van der Waals surface area (Å²) in [6.45, 7) is 6.44. The van der Waals surface area contributed by atoms with Crippen molar-refractivity contribution in [2.24, 2.45) is 5.73 Å². The molecule has 6 aromatic rings. The molecule has 0 bridgehead atoms. The van der Waals surface area contributed by atoms with Crippen molar-refractivity contribution < 1.29 is 28.7 Å². The highest BCUT2D eigenvalue weighted by Gasteiger charge is 2.38. The van der Waals surface area contributed by atoms with Gasteiger partial charge in [0.2, 0.25) is 6.10 Å². The van der Waals surface area contributed by atoms with Gasteiger partial charge in [0.05, 0.1) is 47.1 Å². The van der Waals surface area contributed by atoms with E-state index in [1.807, 2.05) is 35.2 Å². The van der Waals surface area contributed by atoms with Crippen LogP contribution in [0.1, 0.15) is 92.2 Å². The molecule has 2 fully saturated rings. The van der Waals surface area contributed by atoms with Gasteiger partial charge in [-0.25, -0.2) is 19.6 Å². The Hall–Kier alpha value is -7.22. The van der Waals surface area contributed by atoms with E-state index < -0.39 is 23.9 Å². The van der Waals surface area contributed by atoms with Crippen LogP contribution < -0.4 is 11.1 Å². The zero-order valence-corrected chi connectivity index (χ0v) is 34.3. The second kappa shape index (κ2) is 17.2. The lowest BCUT2D eigenvalue weighted by atomic mass is 10.0. The van der Waals surface area contributed by atoms with E-state index in [0.717, 1.165) is 59.3 Å². The maximum Gasteiger partial charge on any atom is 0.412 e. The molecule has 0 spiro atoms. The Bertz CT molecular complexity index is 2530. The summed E-state index contributed by atoms with van der Waals surface area (Å²) >= 11 is 0. The highest BCUT2D eigenvalue weighted by Crippen LogP contribution is 2.37. The topological polar surface area (TPSA) is 189 Å². The summed E-state index contributed by atoms with van der Waals surface area (Å²) in [4.78, 5) is 71.7. The van der Waals surface area contributed by atoms with Crippen LogP contribution in [0, 0.1) is 0 Å². The van der Waals surface area contributed by atoms with Crippen LogP contribution in [-0.2, 0) is 14.3 Å². The number of ether oxygens (including phenoxy) is 2. The Kier molecular flexibility index (Phi) is 11.4. The van der Waals surface area contributed by atoms with Gasteiger partial charge in [-0.05, 0) is 80.8 Å². The van der Waals surface area contributed by atoms with Gasteiger partial charge in [0.1, 0.15) is 17.2 Å². The highest BCUT2D eigenvalue weighted by atomic mass is 16.6. The van der Waals surface area contributed by atoms with Gasteiger partial charge in [-0.15, -0.1) is 0 Å². The van der Waals surface area contributed by atoms with Crippen molar-refractivity contribution in [2.45, 2.75) is 70.2 Å². The molecule has 0 saturated carbocycles. The zero-order chi connectivity index (χ0) is 42.7. The quantitative estimate of drug-likeness (QED) is 0.105. The van der Waals surface area contributed by atoms with Crippen molar-refractivity contribution in [3.8, 4) is 33.6 Å². The number of imidazole rings is 2. The number of aromatic amines is 2. The molecule has 312 valence electrons. The lowest BCUT2D eigenvalue weighted by Crippen LogP contribution is -2.37. The summed E-state index contributed by atoms with van der Waals surface area (Å²) in [5.74, 6) is 0.851. The number of nitrogens with two attached hydrogens (primary N) is 1. The Morgan fingerprint density at radius 1 is 0.705 bits per heavy atom. The Labute approximate surface area is 353 Å². The fourth-order valence-electron chi connectivity index (χ4n) is 8.10. The number of para-hydroxylation sites is 1. The van der Waals surface area contributed by atoms with Crippen LogP contribution in [0.15, 0.2) is 116 Å². The number of rotatable bonds is 10. The predicted octanol–water partition coefficient (Wildman–Crippen LogP) is 8.96. The number of hydrogen-bond donors (Lipinski definition) is 4. The molecule has 2 aliphatic heterocycles. The van der Waals surface area contributed by atoms with Crippen molar-refractivity contribution in [2.75, 3.05) is 18.4 Å². The fraction of sp³-hybridized carbons (Fsp3) is 0.277. The molecule has 4 heterocycles. The van der Waals surface area contributed by atoms with E-state index >= 15 is 0 Å². The number of benzene rings is 4. The number of amides is 4. The van der Waals surface area contributed by atoms with Crippen LogP contribution in [0.4, 0.5) is 15.3 Å². The molecule has 61 heavy (non-hydrogen) atoms. The van der Waals surface area contributed by atoms with E-state index in [4.69, 9.17) is 20.2 Å². The third kappa shape index (κ3) is 9.03. The normalized spacial score (nSPS) is 16.9. The second-order valence-electron chi connectivity index (χ2n) is 16.3. The summed E-state index contributed by atoms with van der Waals surface area (Å²) in [5.41, 5.74) is 11.7. The molecule has 2 saturated heterocycles. The molecule has 0 unspecified atom stereocenters. The number of aromatic nitrogens is 4. The minimum absolute atomic E-state index is 0.186. The van der Waals surface area contributed by atoms with E-state index in [0.29, 0.717) is 41.6 Å². The summed E-state index contributed by atoms with van der Waals surface area (Å²) in [6, 6.07) is 31.7. The van der Waals surface area contributed by atoms with Crippen LogP contribution >= 0.6 is 0 Å². The van der Waals surface area contributed by atoms with Crippen LogP contribution in [0.3, 0.4) is 0 Å². The first-order valence-corrected chi connectivity index (χ1v) is 20.4. The van der Waals surface area contributed by atoms with Crippen LogP contribution in [0.5, 0.6) is 0 Å². The monoisotopic (exact) mass is 820 g/mol. The smallest absolute Gasteiger partial charge is 0.412 e. The predicted molar refractivity (Wildman–Crippen MR) is 230 cm³/mol. The lowest BCUT2D eigenvalue weighted by Gasteiger charge is -2.27. The first-order valence-electron chi connectivity index (χ1n) is 20.4.